The summed E-state index contributed by atoms with van der Waals surface area (Å²) < 4.78 is 0. The molecular formula is C23H28N2O2. The Hall–Kier alpha value is -2.62. The summed E-state index contributed by atoms with van der Waals surface area (Å²) in [5.74, 6) is -0.285. The maximum absolute atomic E-state index is 13.1. The molecule has 4 heteroatoms. The van der Waals surface area contributed by atoms with Crippen LogP contribution < -0.4 is 5.32 Å². The van der Waals surface area contributed by atoms with Crippen molar-refractivity contribution in [3.8, 4) is 0 Å². The van der Waals surface area contributed by atoms with Crippen LogP contribution in [0.2, 0.25) is 0 Å². The molecule has 1 fully saturated rings. The standard InChI is InChI=1S/C23H28N2O2/c1-18(17-19-11-5-2-6-12-19)22(26)24-21(20-13-7-3-8-14-20)23(27)25-15-9-4-10-16-25/h2-3,5-8,11-14,18,21H,4,9-10,15-17H2,1H3,(H,24,26)/t18?,21-/m0/s1. The van der Waals surface area contributed by atoms with Crippen LogP contribution in [0.25, 0.3) is 0 Å². The second-order valence-corrected chi connectivity index (χ2v) is 7.33. The average Bonchev–Trinajstić information content (AvgIpc) is 2.73. The average molecular weight is 364 g/mol. The summed E-state index contributed by atoms with van der Waals surface area (Å²) in [4.78, 5) is 27.9. The summed E-state index contributed by atoms with van der Waals surface area (Å²) in [6, 6.07) is 18.9. The van der Waals surface area contributed by atoms with Crippen molar-refractivity contribution in [2.24, 2.45) is 5.92 Å². The Balaban J connectivity index is 1.72. The SMILES string of the molecule is CC(Cc1ccccc1)C(=O)N[C@H](C(=O)N1CCCCC1)c1ccccc1. The van der Waals surface area contributed by atoms with Crippen molar-refractivity contribution in [3.63, 3.8) is 0 Å². The molecule has 0 saturated carbocycles. The number of carbonyl (C=O) groups is 2. The van der Waals surface area contributed by atoms with Crippen molar-refractivity contribution in [2.45, 2.75) is 38.6 Å². The molecule has 3 rings (SSSR count). The number of hydrogen-bond acceptors (Lipinski definition) is 2. The molecule has 1 N–H and O–H groups in total. The van der Waals surface area contributed by atoms with Crippen LogP contribution >= 0.6 is 0 Å². The third kappa shape index (κ3) is 5.19. The van der Waals surface area contributed by atoms with Crippen molar-refractivity contribution in [1.29, 1.82) is 0 Å². The highest BCUT2D eigenvalue weighted by atomic mass is 16.2. The first-order chi connectivity index (χ1) is 13.1. The van der Waals surface area contributed by atoms with Gasteiger partial charge < -0.3 is 10.2 Å². The van der Waals surface area contributed by atoms with Gasteiger partial charge in [-0.05, 0) is 36.8 Å². The van der Waals surface area contributed by atoms with E-state index in [1.165, 1.54) is 6.42 Å². The van der Waals surface area contributed by atoms with Gasteiger partial charge in [0.25, 0.3) is 0 Å². The summed E-state index contributed by atoms with van der Waals surface area (Å²) in [6.07, 6.45) is 3.89. The number of likely N-dealkylation sites (tertiary alicyclic amines) is 1. The number of benzene rings is 2. The lowest BCUT2D eigenvalue weighted by molar-refractivity contribution is -0.138. The minimum Gasteiger partial charge on any atom is -0.341 e. The van der Waals surface area contributed by atoms with Crippen molar-refractivity contribution in [2.75, 3.05) is 13.1 Å². The molecule has 142 valence electrons. The van der Waals surface area contributed by atoms with Gasteiger partial charge >= 0.3 is 0 Å². The molecule has 1 aliphatic rings. The molecule has 0 spiro atoms. The monoisotopic (exact) mass is 364 g/mol. The Bertz CT molecular complexity index is 739. The number of nitrogens with zero attached hydrogens (tertiary/aromatic N) is 1. The van der Waals surface area contributed by atoms with Crippen molar-refractivity contribution < 1.29 is 9.59 Å². The van der Waals surface area contributed by atoms with Crippen LogP contribution in [0, 0.1) is 5.92 Å². The van der Waals surface area contributed by atoms with Crippen LogP contribution in [0.4, 0.5) is 0 Å². The molecule has 1 heterocycles. The number of hydrogen-bond donors (Lipinski definition) is 1. The first kappa shape index (κ1) is 19.2. The van der Waals surface area contributed by atoms with Gasteiger partial charge in [-0.25, -0.2) is 0 Å². The molecule has 0 bridgehead atoms. The Morgan fingerprint density at radius 1 is 0.926 bits per heavy atom. The topological polar surface area (TPSA) is 49.4 Å². The third-order valence-corrected chi connectivity index (χ3v) is 5.17. The third-order valence-electron chi connectivity index (χ3n) is 5.17. The first-order valence-electron chi connectivity index (χ1n) is 9.83. The van der Waals surface area contributed by atoms with E-state index in [2.05, 4.69) is 5.32 Å². The van der Waals surface area contributed by atoms with E-state index in [1.54, 1.807) is 0 Å². The lowest BCUT2D eigenvalue weighted by Crippen LogP contribution is -2.46. The van der Waals surface area contributed by atoms with Crippen LogP contribution in [0.5, 0.6) is 0 Å². The first-order valence-corrected chi connectivity index (χ1v) is 9.83. The predicted octanol–water partition coefficient (Wildman–Crippen LogP) is 3.74. The maximum Gasteiger partial charge on any atom is 0.249 e. The number of piperidine rings is 1. The normalized spacial score (nSPS) is 16.4. The summed E-state index contributed by atoms with van der Waals surface area (Å²) >= 11 is 0. The molecule has 0 aromatic heterocycles. The minimum absolute atomic E-state index is 0.00108. The molecule has 0 aliphatic carbocycles. The van der Waals surface area contributed by atoms with Crippen molar-refractivity contribution >= 4 is 11.8 Å². The van der Waals surface area contributed by atoms with Gasteiger partial charge in [0, 0.05) is 19.0 Å². The molecular weight excluding hydrogens is 336 g/mol. The van der Waals surface area contributed by atoms with Gasteiger partial charge in [0.15, 0.2) is 0 Å². The van der Waals surface area contributed by atoms with Gasteiger partial charge in [-0.15, -0.1) is 0 Å². The summed E-state index contributed by atoms with van der Waals surface area (Å²) in [5.41, 5.74) is 1.96. The summed E-state index contributed by atoms with van der Waals surface area (Å²) in [6.45, 7) is 3.46. The highest BCUT2D eigenvalue weighted by Crippen LogP contribution is 2.20. The second kappa shape index (κ2) is 9.36. The zero-order valence-corrected chi connectivity index (χ0v) is 15.9. The van der Waals surface area contributed by atoms with E-state index >= 15 is 0 Å². The molecule has 0 radical (unpaired) electrons. The number of rotatable bonds is 6. The summed E-state index contributed by atoms with van der Waals surface area (Å²) in [7, 11) is 0. The Morgan fingerprint density at radius 3 is 2.15 bits per heavy atom. The lowest BCUT2D eigenvalue weighted by atomic mass is 9.98. The van der Waals surface area contributed by atoms with E-state index in [9.17, 15) is 9.59 Å². The summed E-state index contributed by atoms with van der Waals surface area (Å²) in [5, 5.41) is 3.02. The van der Waals surface area contributed by atoms with E-state index in [1.807, 2.05) is 72.5 Å². The number of carbonyl (C=O) groups excluding carboxylic acids is 2. The predicted molar refractivity (Wildman–Crippen MR) is 107 cm³/mol. The smallest absolute Gasteiger partial charge is 0.249 e. The molecule has 1 unspecified atom stereocenters. The molecule has 27 heavy (non-hydrogen) atoms. The highest BCUT2D eigenvalue weighted by molar-refractivity contribution is 5.89. The molecule has 2 amide bonds. The van der Waals surface area contributed by atoms with Crippen molar-refractivity contribution in [3.05, 3.63) is 71.8 Å². The number of nitrogens with one attached hydrogen (secondary N) is 1. The lowest BCUT2D eigenvalue weighted by Gasteiger charge is -2.31. The van der Waals surface area contributed by atoms with Crippen LogP contribution in [0.1, 0.15) is 43.4 Å². The number of amides is 2. The van der Waals surface area contributed by atoms with Gasteiger partial charge in [-0.2, -0.15) is 0 Å². The van der Waals surface area contributed by atoms with Crippen LogP contribution in [-0.4, -0.2) is 29.8 Å². The zero-order chi connectivity index (χ0) is 19.1. The van der Waals surface area contributed by atoms with Gasteiger partial charge in [0.05, 0.1) is 0 Å². The van der Waals surface area contributed by atoms with Gasteiger partial charge in [-0.3, -0.25) is 9.59 Å². The van der Waals surface area contributed by atoms with Gasteiger partial charge in [0.2, 0.25) is 11.8 Å². The Kier molecular flexibility index (Phi) is 6.64. The zero-order valence-electron chi connectivity index (χ0n) is 15.9. The minimum atomic E-state index is -0.616. The van der Waals surface area contributed by atoms with Gasteiger partial charge in [0.1, 0.15) is 6.04 Å². The Morgan fingerprint density at radius 2 is 1.52 bits per heavy atom. The Labute approximate surface area is 161 Å². The van der Waals surface area contributed by atoms with Crippen LogP contribution in [0.3, 0.4) is 0 Å². The molecule has 1 aliphatic heterocycles. The molecule has 1 saturated heterocycles. The largest absolute Gasteiger partial charge is 0.341 e. The van der Waals surface area contributed by atoms with Crippen LogP contribution in [-0.2, 0) is 16.0 Å². The quantitative estimate of drug-likeness (QED) is 0.849. The van der Waals surface area contributed by atoms with Gasteiger partial charge in [-0.1, -0.05) is 67.6 Å². The van der Waals surface area contributed by atoms with E-state index < -0.39 is 6.04 Å². The molecule has 2 atom stereocenters. The fourth-order valence-corrected chi connectivity index (χ4v) is 3.57. The van der Waals surface area contributed by atoms with Crippen LogP contribution in [0.15, 0.2) is 60.7 Å². The van der Waals surface area contributed by atoms with E-state index in [-0.39, 0.29) is 17.7 Å². The van der Waals surface area contributed by atoms with E-state index in [0.29, 0.717) is 6.42 Å². The fraction of sp³-hybridized carbons (Fsp3) is 0.391. The maximum atomic E-state index is 13.1. The fourth-order valence-electron chi connectivity index (χ4n) is 3.57. The molecule has 2 aromatic carbocycles. The van der Waals surface area contributed by atoms with Crippen molar-refractivity contribution in [1.82, 2.24) is 10.2 Å². The molecule has 2 aromatic rings. The molecule has 4 nitrogen and oxygen atoms in total. The highest BCUT2D eigenvalue weighted by Gasteiger charge is 2.29. The van der Waals surface area contributed by atoms with E-state index in [0.717, 1.165) is 37.1 Å². The van der Waals surface area contributed by atoms with E-state index in [4.69, 9.17) is 0 Å². The second-order valence-electron chi connectivity index (χ2n) is 7.33.